The van der Waals surface area contributed by atoms with Gasteiger partial charge in [0.25, 0.3) is 0 Å². The van der Waals surface area contributed by atoms with Gasteiger partial charge in [-0.15, -0.1) is 11.3 Å². The van der Waals surface area contributed by atoms with E-state index in [4.69, 9.17) is 0 Å². The van der Waals surface area contributed by atoms with Crippen LogP contribution >= 0.6 is 27.3 Å². The molecular weight excluding hydrogens is 320 g/mol. The molecule has 1 saturated carbocycles. The molecule has 0 saturated heterocycles. The zero-order valence-corrected chi connectivity index (χ0v) is 13.3. The molecule has 0 amide bonds. The van der Waals surface area contributed by atoms with Gasteiger partial charge in [0.2, 0.25) is 0 Å². The summed E-state index contributed by atoms with van der Waals surface area (Å²) >= 11 is 5.17. The maximum atomic E-state index is 10.7. The van der Waals surface area contributed by atoms with Gasteiger partial charge in [-0.3, -0.25) is 0 Å². The van der Waals surface area contributed by atoms with E-state index in [9.17, 15) is 5.11 Å². The number of rotatable bonds is 3. The van der Waals surface area contributed by atoms with Crippen LogP contribution in [0.3, 0.4) is 0 Å². The third kappa shape index (κ3) is 2.51. The fourth-order valence-electron chi connectivity index (χ4n) is 2.62. The number of benzene rings is 1. The first-order chi connectivity index (χ1) is 9.16. The molecule has 1 aliphatic carbocycles. The van der Waals surface area contributed by atoms with E-state index in [2.05, 4.69) is 47.1 Å². The predicted molar refractivity (Wildman–Crippen MR) is 83.9 cm³/mol. The lowest BCUT2D eigenvalue weighted by atomic mass is 9.77. The molecule has 1 aliphatic rings. The fourth-order valence-corrected chi connectivity index (χ4v) is 4.20. The molecule has 1 unspecified atom stereocenters. The molecule has 0 aliphatic heterocycles. The van der Waals surface area contributed by atoms with E-state index in [-0.39, 0.29) is 0 Å². The van der Waals surface area contributed by atoms with Crippen LogP contribution < -0.4 is 0 Å². The maximum absolute atomic E-state index is 10.7. The fraction of sp³-hybridized carbons (Fsp3) is 0.375. The van der Waals surface area contributed by atoms with Crippen LogP contribution in [0.2, 0.25) is 0 Å². The Morgan fingerprint density at radius 2 is 2.05 bits per heavy atom. The molecule has 2 aromatic rings. The minimum atomic E-state index is -0.494. The van der Waals surface area contributed by atoms with Crippen molar-refractivity contribution in [3.05, 3.63) is 55.7 Å². The molecule has 1 aromatic heterocycles. The van der Waals surface area contributed by atoms with E-state index in [0.717, 1.165) is 14.2 Å². The van der Waals surface area contributed by atoms with Gasteiger partial charge in [0.15, 0.2) is 0 Å². The number of halogens is 1. The van der Waals surface area contributed by atoms with Crippen LogP contribution in [0.1, 0.15) is 52.9 Å². The molecule has 1 aromatic carbocycles. The monoisotopic (exact) mass is 336 g/mol. The van der Waals surface area contributed by atoms with E-state index < -0.39 is 6.10 Å². The van der Waals surface area contributed by atoms with Gasteiger partial charge >= 0.3 is 0 Å². The van der Waals surface area contributed by atoms with Gasteiger partial charge in [-0.1, -0.05) is 30.7 Å². The van der Waals surface area contributed by atoms with Crippen molar-refractivity contribution >= 4 is 27.3 Å². The highest BCUT2D eigenvalue weighted by molar-refractivity contribution is 9.11. The summed E-state index contributed by atoms with van der Waals surface area (Å²) in [7, 11) is 0. The first-order valence-electron chi connectivity index (χ1n) is 6.69. The average Bonchev–Trinajstić information content (AvgIpc) is 2.67. The van der Waals surface area contributed by atoms with E-state index in [1.165, 1.54) is 30.4 Å². The Morgan fingerprint density at radius 3 is 2.63 bits per heavy atom. The van der Waals surface area contributed by atoms with Crippen LogP contribution in [0, 0.1) is 6.92 Å². The van der Waals surface area contributed by atoms with Gasteiger partial charge in [-0.2, -0.15) is 0 Å². The third-order valence-electron chi connectivity index (χ3n) is 3.98. The van der Waals surface area contributed by atoms with Crippen LogP contribution in [-0.4, -0.2) is 5.11 Å². The van der Waals surface area contributed by atoms with Gasteiger partial charge < -0.3 is 5.11 Å². The average molecular weight is 337 g/mol. The SMILES string of the molecule is Cc1cc(C(O)c2ccccc2C2CCC2)sc1Br. The largest absolute Gasteiger partial charge is 0.383 e. The first kappa shape index (κ1) is 13.3. The summed E-state index contributed by atoms with van der Waals surface area (Å²) in [5.41, 5.74) is 3.62. The number of aryl methyl sites for hydroxylation is 1. The topological polar surface area (TPSA) is 20.2 Å². The second-order valence-corrected chi connectivity index (χ2v) is 7.67. The summed E-state index contributed by atoms with van der Waals surface area (Å²) in [6.45, 7) is 2.06. The second kappa shape index (κ2) is 5.39. The molecule has 1 nitrogen and oxygen atoms in total. The zero-order valence-electron chi connectivity index (χ0n) is 10.9. The summed E-state index contributed by atoms with van der Waals surface area (Å²) in [4.78, 5) is 1.02. The molecule has 100 valence electrons. The molecule has 3 rings (SSSR count). The van der Waals surface area contributed by atoms with Gasteiger partial charge in [-0.25, -0.2) is 0 Å². The molecule has 0 spiro atoms. The highest BCUT2D eigenvalue weighted by Crippen LogP contribution is 2.42. The van der Waals surface area contributed by atoms with Crippen LogP contribution in [0.25, 0.3) is 0 Å². The van der Waals surface area contributed by atoms with Crippen molar-refractivity contribution in [2.24, 2.45) is 0 Å². The normalized spacial score (nSPS) is 17.2. The Morgan fingerprint density at radius 1 is 1.32 bits per heavy atom. The molecule has 19 heavy (non-hydrogen) atoms. The Labute approximate surface area is 126 Å². The van der Waals surface area contributed by atoms with Gasteiger partial charge in [0, 0.05) is 4.88 Å². The van der Waals surface area contributed by atoms with Gasteiger partial charge in [0.1, 0.15) is 6.10 Å². The Bertz CT molecular complexity index is 567. The van der Waals surface area contributed by atoms with Crippen LogP contribution in [0.15, 0.2) is 34.1 Å². The van der Waals surface area contributed by atoms with E-state index in [1.807, 2.05) is 6.07 Å². The third-order valence-corrected chi connectivity index (χ3v) is 6.17. The Balaban J connectivity index is 1.96. The smallest absolute Gasteiger partial charge is 0.114 e. The standard InChI is InChI=1S/C16H17BrOS/c1-10-9-14(19-16(10)17)15(18)13-8-3-2-7-12(13)11-5-4-6-11/h2-3,7-9,11,15,18H,4-6H2,1H3. The highest BCUT2D eigenvalue weighted by Gasteiger charge is 2.25. The minimum absolute atomic E-state index is 0.494. The van der Waals surface area contributed by atoms with E-state index in [0.29, 0.717) is 5.92 Å². The van der Waals surface area contributed by atoms with Crippen molar-refractivity contribution in [2.75, 3.05) is 0 Å². The number of thiophene rings is 1. The van der Waals surface area contributed by atoms with E-state index >= 15 is 0 Å². The maximum Gasteiger partial charge on any atom is 0.114 e. The minimum Gasteiger partial charge on any atom is -0.383 e. The van der Waals surface area contributed by atoms with Crippen molar-refractivity contribution in [3.63, 3.8) is 0 Å². The van der Waals surface area contributed by atoms with Crippen molar-refractivity contribution < 1.29 is 5.11 Å². The lowest BCUT2D eigenvalue weighted by Gasteiger charge is -2.29. The van der Waals surface area contributed by atoms with Crippen LogP contribution in [0.5, 0.6) is 0 Å². The first-order valence-corrected chi connectivity index (χ1v) is 8.30. The summed E-state index contributed by atoms with van der Waals surface area (Å²) in [5, 5.41) is 10.7. The van der Waals surface area contributed by atoms with Crippen molar-refractivity contribution in [2.45, 2.75) is 38.2 Å². The summed E-state index contributed by atoms with van der Waals surface area (Å²) < 4.78 is 1.11. The van der Waals surface area contributed by atoms with Crippen LogP contribution in [-0.2, 0) is 0 Å². The van der Waals surface area contributed by atoms with Crippen molar-refractivity contribution in [1.82, 2.24) is 0 Å². The Kier molecular flexibility index (Phi) is 3.79. The summed E-state index contributed by atoms with van der Waals surface area (Å²) in [5.74, 6) is 0.648. The molecule has 1 N–H and O–H groups in total. The Hall–Kier alpha value is -0.640. The van der Waals surface area contributed by atoms with Gasteiger partial charge in [0.05, 0.1) is 3.79 Å². The summed E-state index contributed by atoms with van der Waals surface area (Å²) in [6.07, 6.45) is 3.35. The van der Waals surface area contributed by atoms with Crippen molar-refractivity contribution in [1.29, 1.82) is 0 Å². The number of hydrogen-bond donors (Lipinski definition) is 1. The molecular formula is C16H17BrOS. The number of aliphatic hydroxyl groups is 1. The zero-order chi connectivity index (χ0) is 13.4. The predicted octanol–water partition coefficient (Wildman–Crippen LogP) is 5.17. The lowest BCUT2D eigenvalue weighted by Crippen LogP contribution is -2.13. The highest BCUT2D eigenvalue weighted by atomic mass is 79.9. The van der Waals surface area contributed by atoms with E-state index in [1.54, 1.807) is 11.3 Å². The van der Waals surface area contributed by atoms with Crippen LogP contribution in [0.4, 0.5) is 0 Å². The molecule has 1 atom stereocenters. The molecule has 1 fully saturated rings. The van der Waals surface area contributed by atoms with Gasteiger partial charge in [-0.05, 0) is 64.4 Å². The molecule has 0 bridgehead atoms. The molecule has 1 heterocycles. The number of hydrogen-bond acceptors (Lipinski definition) is 2. The molecule has 3 heteroatoms. The van der Waals surface area contributed by atoms with Crippen molar-refractivity contribution in [3.8, 4) is 0 Å². The summed E-state index contributed by atoms with van der Waals surface area (Å²) in [6, 6.07) is 10.4. The lowest BCUT2D eigenvalue weighted by molar-refractivity contribution is 0.221. The second-order valence-electron chi connectivity index (χ2n) is 5.26. The quantitative estimate of drug-likeness (QED) is 0.819. The molecule has 0 radical (unpaired) electrons. The number of aliphatic hydroxyl groups excluding tert-OH is 1.